The first-order chi connectivity index (χ1) is 8.63. The fourth-order valence-corrected chi connectivity index (χ4v) is 2.11. The molecule has 0 spiro atoms. The summed E-state index contributed by atoms with van der Waals surface area (Å²) in [5.41, 5.74) is 6.17. The van der Waals surface area contributed by atoms with Crippen LogP contribution < -0.4 is 5.73 Å². The number of hydrogen-bond donors (Lipinski definition) is 1. The lowest BCUT2D eigenvalue weighted by Gasteiger charge is -2.13. The molecule has 1 unspecified atom stereocenters. The standard InChI is InChI=1S/C14H28N4/c1-4-5-6-7-8-13(15)9-14-16-11-17-18(14)10-12(2)3/h11-13H,4-10,15H2,1-3H3. The highest BCUT2D eigenvalue weighted by Crippen LogP contribution is 2.09. The fraction of sp³-hybridized carbons (Fsp3) is 0.857. The molecular weight excluding hydrogens is 224 g/mol. The monoisotopic (exact) mass is 252 g/mol. The van der Waals surface area contributed by atoms with Crippen molar-refractivity contribution in [3.8, 4) is 0 Å². The van der Waals surface area contributed by atoms with Crippen molar-refractivity contribution < 1.29 is 0 Å². The van der Waals surface area contributed by atoms with Gasteiger partial charge in [0.1, 0.15) is 12.2 Å². The molecule has 0 fully saturated rings. The normalized spacial score (nSPS) is 13.2. The first-order valence-electron chi connectivity index (χ1n) is 7.25. The summed E-state index contributed by atoms with van der Waals surface area (Å²) >= 11 is 0. The lowest BCUT2D eigenvalue weighted by atomic mass is 10.1. The maximum Gasteiger partial charge on any atom is 0.138 e. The summed E-state index contributed by atoms with van der Waals surface area (Å²) < 4.78 is 2.00. The van der Waals surface area contributed by atoms with Gasteiger partial charge in [0.25, 0.3) is 0 Å². The van der Waals surface area contributed by atoms with E-state index in [0.29, 0.717) is 5.92 Å². The van der Waals surface area contributed by atoms with E-state index in [1.807, 2.05) is 4.68 Å². The summed E-state index contributed by atoms with van der Waals surface area (Å²) in [5.74, 6) is 1.62. The van der Waals surface area contributed by atoms with E-state index in [9.17, 15) is 0 Å². The maximum absolute atomic E-state index is 6.17. The van der Waals surface area contributed by atoms with Crippen molar-refractivity contribution in [1.29, 1.82) is 0 Å². The van der Waals surface area contributed by atoms with Crippen molar-refractivity contribution in [3.63, 3.8) is 0 Å². The Morgan fingerprint density at radius 2 is 2.06 bits per heavy atom. The Bertz CT molecular complexity index is 319. The van der Waals surface area contributed by atoms with Crippen molar-refractivity contribution in [1.82, 2.24) is 14.8 Å². The Kier molecular flexibility index (Phi) is 6.94. The minimum absolute atomic E-state index is 0.219. The van der Waals surface area contributed by atoms with Gasteiger partial charge in [0.05, 0.1) is 0 Å². The van der Waals surface area contributed by atoms with E-state index in [2.05, 4.69) is 30.9 Å². The van der Waals surface area contributed by atoms with Crippen molar-refractivity contribution >= 4 is 0 Å². The van der Waals surface area contributed by atoms with Gasteiger partial charge in [-0.25, -0.2) is 9.67 Å². The second-order valence-electron chi connectivity index (χ2n) is 5.57. The summed E-state index contributed by atoms with van der Waals surface area (Å²) in [4.78, 5) is 4.33. The highest BCUT2D eigenvalue weighted by atomic mass is 15.3. The molecule has 104 valence electrons. The van der Waals surface area contributed by atoms with E-state index in [1.54, 1.807) is 6.33 Å². The predicted octanol–water partition coefficient (Wildman–Crippen LogP) is 2.77. The van der Waals surface area contributed by atoms with Crippen molar-refractivity contribution in [2.24, 2.45) is 11.7 Å². The van der Waals surface area contributed by atoms with Crippen LogP contribution in [0.3, 0.4) is 0 Å². The van der Waals surface area contributed by atoms with E-state index in [-0.39, 0.29) is 6.04 Å². The molecule has 0 aromatic carbocycles. The third-order valence-corrected chi connectivity index (χ3v) is 3.11. The van der Waals surface area contributed by atoms with Gasteiger partial charge in [-0.05, 0) is 12.3 Å². The summed E-state index contributed by atoms with van der Waals surface area (Å²) in [5, 5.41) is 4.27. The average molecular weight is 252 g/mol. The highest BCUT2D eigenvalue weighted by molar-refractivity contribution is 4.89. The number of rotatable bonds is 9. The van der Waals surface area contributed by atoms with Crippen LogP contribution in [0, 0.1) is 5.92 Å². The minimum atomic E-state index is 0.219. The van der Waals surface area contributed by atoms with Gasteiger partial charge in [-0.3, -0.25) is 0 Å². The molecule has 2 N–H and O–H groups in total. The zero-order valence-corrected chi connectivity index (χ0v) is 12.1. The molecule has 0 aliphatic carbocycles. The molecule has 0 amide bonds. The lowest BCUT2D eigenvalue weighted by Crippen LogP contribution is -2.25. The molecule has 1 aromatic rings. The van der Waals surface area contributed by atoms with E-state index in [0.717, 1.165) is 25.2 Å². The van der Waals surface area contributed by atoms with Gasteiger partial charge in [0.2, 0.25) is 0 Å². The maximum atomic E-state index is 6.17. The van der Waals surface area contributed by atoms with Gasteiger partial charge >= 0.3 is 0 Å². The zero-order chi connectivity index (χ0) is 13.4. The van der Waals surface area contributed by atoms with E-state index in [4.69, 9.17) is 5.73 Å². The molecule has 0 saturated heterocycles. The Balaban J connectivity index is 2.34. The van der Waals surface area contributed by atoms with Gasteiger partial charge in [-0.1, -0.05) is 46.5 Å². The third-order valence-electron chi connectivity index (χ3n) is 3.11. The van der Waals surface area contributed by atoms with Gasteiger partial charge in [-0.15, -0.1) is 0 Å². The van der Waals surface area contributed by atoms with Crippen molar-refractivity contribution in [2.75, 3.05) is 0 Å². The average Bonchev–Trinajstić information content (AvgIpc) is 2.71. The molecule has 1 atom stereocenters. The van der Waals surface area contributed by atoms with Crippen LogP contribution in [-0.4, -0.2) is 20.8 Å². The van der Waals surface area contributed by atoms with Gasteiger partial charge in [0.15, 0.2) is 0 Å². The Morgan fingerprint density at radius 1 is 1.28 bits per heavy atom. The van der Waals surface area contributed by atoms with Crippen molar-refractivity contribution in [3.05, 3.63) is 12.2 Å². The molecular formula is C14H28N4. The molecule has 4 nitrogen and oxygen atoms in total. The van der Waals surface area contributed by atoms with E-state index in [1.165, 1.54) is 25.7 Å². The lowest BCUT2D eigenvalue weighted by molar-refractivity contribution is 0.451. The van der Waals surface area contributed by atoms with Crippen LogP contribution in [0.2, 0.25) is 0 Å². The summed E-state index contributed by atoms with van der Waals surface area (Å²) in [6.07, 6.45) is 8.69. The molecule has 1 aromatic heterocycles. The Labute approximate surface area is 111 Å². The number of nitrogens with two attached hydrogens (primary N) is 1. The molecule has 0 bridgehead atoms. The SMILES string of the molecule is CCCCCCC(N)Cc1ncnn1CC(C)C. The topological polar surface area (TPSA) is 56.7 Å². The summed E-state index contributed by atoms with van der Waals surface area (Å²) in [6.45, 7) is 7.54. The fourth-order valence-electron chi connectivity index (χ4n) is 2.11. The molecule has 18 heavy (non-hydrogen) atoms. The minimum Gasteiger partial charge on any atom is -0.327 e. The molecule has 1 rings (SSSR count). The van der Waals surface area contributed by atoms with Crippen LogP contribution in [0.5, 0.6) is 0 Å². The predicted molar refractivity (Wildman–Crippen MR) is 75.3 cm³/mol. The smallest absolute Gasteiger partial charge is 0.138 e. The van der Waals surface area contributed by atoms with Crippen LogP contribution in [0.15, 0.2) is 6.33 Å². The summed E-state index contributed by atoms with van der Waals surface area (Å²) in [7, 11) is 0. The van der Waals surface area contributed by atoms with Crippen LogP contribution in [0.4, 0.5) is 0 Å². The van der Waals surface area contributed by atoms with Crippen LogP contribution in [-0.2, 0) is 13.0 Å². The number of unbranched alkanes of at least 4 members (excludes halogenated alkanes) is 3. The molecule has 0 aliphatic rings. The number of nitrogens with zero attached hydrogens (tertiary/aromatic N) is 3. The Hall–Kier alpha value is -0.900. The van der Waals surface area contributed by atoms with Crippen molar-refractivity contribution in [2.45, 2.75) is 71.9 Å². The van der Waals surface area contributed by atoms with Crippen LogP contribution in [0.1, 0.15) is 58.7 Å². The quantitative estimate of drug-likeness (QED) is 0.688. The molecule has 0 radical (unpaired) electrons. The second kappa shape index (κ2) is 8.25. The van der Waals surface area contributed by atoms with Crippen LogP contribution in [0.25, 0.3) is 0 Å². The first-order valence-corrected chi connectivity index (χ1v) is 7.25. The molecule has 0 saturated carbocycles. The number of aromatic nitrogens is 3. The van der Waals surface area contributed by atoms with E-state index < -0.39 is 0 Å². The Morgan fingerprint density at radius 3 is 2.72 bits per heavy atom. The van der Waals surface area contributed by atoms with E-state index >= 15 is 0 Å². The van der Waals surface area contributed by atoms with Crippen LogP contribution >= 0.6 is 0 Å². The van der Waals surface area contributed by atoms with Gasteiger partial charge in [-0.2, -0.15) is 5.10 Å². The largest absolute Gasteiger partial charge is 0.327 e. The molecule has 4 heteroatoms. The highest BCUT2D eigenvalue weighted by Gasteiger charge is 2.10. The number of hydrogen-bond acceptors (Lipinski definition) is 3. The zero-order valence-electron chi connectivity index (χ0n) is 12.1. The second-order valence-corrected chi connectivity index (χ2v) is 5.57. The molecule has 1 heterocycles. The third kappa shape index (κ3) is 5.63. The first kappa shape index (κ1) is 15.2. The summed E-state index contributed by atoms with van der Waals surface area (Å²) in [6, 6.07) is 0.219. The molecule has 0 aliphatic heterocycles. The van der Waals surface area contributed by atoms with Gasteiger partial charge < -0.3 is 5.73 Å². The van der Waals surface area contributed by atoms with Gasteiger partial charge in [0, 0.05) is 19.0 Å².